The molecule has 0 aliphatic heterocycles. The van der Waals surface area contributed by atoms with Crippen molar-refractivity contribution in [2.24, 2.45) is 0 Å². The summed E-state index contributed by atoms with van der Waals surface area (Å²) in [5.74, 6) is 1.000. The van der Waals surface area contributed by atoms with Crippen molar-refractivity contribution in [3.05, 3.63) is 22.2 Å². The molecule has 17 heavy (non-hydrogen) atoms. The Morgan fingerprint density at radius 1 is 1.59 bits per heavy atom. The van der Waals surface area contributed by atoms with E-state index >= 15 is 0 Å². The van der Waals surface area contributed by atoms with Crippen molar-refractivity contribution in [1.29, 1.82) is 0 Å². The number of nitrogens with one attached hydrogen (secondary N) is 2. The van der Waals surface area contributed by atoms with Crippen LogP contribution in [0.4, 0.5) is 14.6 Å². The molecule has 1 rings (SSSR count). The Morgan fingerprint density at radius 2 is 2.35 bits per heavy atom. The Bertz CT molecular complexity index is 395. The van der Waals surface area contributed by atoms with Crippen molar-refractivity contribution in [2.75, 3.05) is 25.1 Å². The number of aryl methyl sites for hydroxylation is 1. The fourth-order valence-corrected chi connectivity index (χ4v) is 1.19. The number of rotatable bonds is 7. The molecule has 0 saturated carbocycles. The first-order valence-electron chi connectivity index (χ1n) is 5.31. The smallest absolute Gasteiger partial charge is 0.261 e. The molecule has 0 aromatic carbocycles. The zero-order valence-corrected chi connectivity index (χ0v) is 9.50. The van der Waals surface area contributed by atoms with Gasteiger partial charge in [-0.25, -0.2) is 13.8 Å². The van der Waals surface area contributed by atoms with Crippen molar-refractivity contribution in [2.45, 2.75) is 19.8 Å². The van der Waals surface area contributed by atoms with E-state index in [1.165, 1.54) is 6.07 Å². The summed E-state index contributed by atoms with van der Waals surface area (Å²) in [6.45, 7) is 1.76. The highest BCUT2D eigenvalue weighted by Crippen LogP contribution is 1.99. The van der Waals surface area contributed by atoms with E-state index in [-0.39, 0.29) is 12.2 Å². The number of nitrogens with zero attached hydrogens (tertiary/aromatic N) is 1. The highest BCUT2D eigenvalue weighted by Gasteiger charge is 2.02. The average molecular weight is 247 g/mol. The van der Waals surface area contributed by atoms with Crippen LogP contribution in [0.25, 0.3) is 0 Å². The van der Waals surface area contributed by atoms with Crippen molar-refractivity contribution in [3.8, 4) is 0 Å². The summed E-state index contributed by atoms with van der Waals surface area (Å²) in [6, 6.07) is 1.31. The average Bonchev–Trinajstić information content (AvgIpc) is 2.27. The molecule has 96 valence electrons. The van der Waals surface area contributed by atoms with E-state index in [9.17, 15) is 13.6 Å². The van der Waals surface area contributed by atoms with Crippen molar-refractivity contribution < 1.29 is 13.5 Å². The van der Waals surface area contributed by atoms with Crippen molar-refractivity contribution >= 4 is 5.82 Å². The third kappa shape index (κ3) is 5.39. The zero-order valence-electron chi connectivity index (χ0n) is 9.50. The molecule has 1 heterocycles. The van der Waals surface area contributed by atoms with Crippen LogP contribution < -0.4 is 10.9 Å². The van der Waals surface area contributed by atoms with Gasteiger partial charge in [0.1, 0.15) is 18.2 Å². The molecule has 0 radical (unpaired) electrons. The minimum Gasteiger partial charge on any atom is -0.374 e. The van der Waals surface area contributed by atoms with Gasteiger partial charge in [0.25, 0.3) is 12.0 Å². The first-order chi connectivity index (χ1) is 8.11. The van der Waals surface area contributed by atoms with Crippen molar-refractivity contribution in [3.63, 3.8) is 0 Å². The fraction of sp³-hybridized carbons (Fsp3) is 0.600. The Kier molecular flexibility index (Phi) is 5.55. The summed E-state index contributed by atoms with van der Waals surface area (Å²) in [6.07, 6.45) is -1.84. The maximum atomic E-state index is 11.7. The molecule has 0 unspecified atom stereocenters. The van der Waals surface area contributed by atoms with E-state index < -0.39 is 13.0 Å². The quantitative estimate of drug-likeness (QED) is 0.706. The number of alkyl halides is 2. The Hall–Kier alpha value is -1.50. The first kappa shape index (κ1) is 13.6. The standard InChI is InChI=1S/C10H15F2N3O2/c1-2-8-14-9(5-10(16)15-8)13-3-4-17-6-7(11)12/h5,7H,2-4,6H2,1H3,(H2,13,14,15,16). The third-order valence-corrected chi connectivity index (χ3v) is 1.92. The number of halogens is 2. The maximum Gasteiger partial charge on any atom is 0.261 e. The van der Waals surface area contributed by atoms with E-state index in [1.54, 1.807) is 0 Å². The number of anilines is 1. The van der Waals surface area contributed by atoms with Crippen LogP contribution in [-0.2, 0) is 11.2 Å². The van der Waals surface area contributed by atoms with E-state index in [0.717, 1.165) is 0 Å². The van der Waals surface area contributed by atoms with Gasteiger partial charge in [0.15, 0.2) is 0 Å². The normalized spacial score (nSPS) is 10.8. The van der Waals surface area contributed by atoms with E-state index in [4.69, 9.17) is 0 Å². The third-order valence-electron chi connectivity index (χ3n) is 1.92. The van der Waals surface area contributed by atoms with Crippen LogP contribution in [0.5, 0.6) is 0 Å². The number of hydrogen-bond donors (Lipinski definition) is 2. The molecule has 7 heteroatoms. The van der Waals surface area contributed by atoms with E-state index in [0.29, 0.717) is 24.6 Å². The highest BCUT2D eigenvalue weighted by molar-refractivity contribution is 5.32. The van der Waals surface area contributed by atoms with Crippen LogP contribution in [0.2, 0.25) is 0 Å². The van der Waals surface area contributed by atoms with Crippen LogP contribution >= 0.6 is 0 Å². The molecule has 0 aliphatic carbocycles. The minimum absolute atomic E-state index is 0.139. The Labute approximate surface area is 97.2 Å². The molecular weight excluding hydrogens is 232 g/mol. The van der Waals surface area contributed by atoms with Gasteiger partial charge in [-0.05, 0) is 0 Å². The van der Waals surface area contributed by atoms with Gasteiger partial charge in [-0.15, -0.1) is 0 Å². The maximum absolute atomic E-state index is 11.7. The van der Waals surface area contributed by atoms with Gasteiger partial charge in [0, 0.05) is 19.0 Å². The highest BCUT2D eigenvalue weighted by atomic mass is 19.3. The predicted molar refractivity (Wildman–Crippen MR) is 59.5 cm³/mol. The lowest BCUT2D eigenvalue weighted by molar-refractivity contribution is 0.0215. The number of aromatic nitrogens is 2. The molecule has 0 bridgehead atoms. The predicted octanol–water partition coefficient (Wildman–Crippen LogP) is 1.03. The minimum atomic E-state index is -2.46. The van der Waals surface area contributed by atoms with Gasteiger partial charge in [-0.2, -0.15) is 0 Å². The molecule has 1 aromatic heterocycles. The number of ether oxygens (including phenoxy) is 1. The largest absolute Gasteiger partial charge is 0.374 e. The van der Waals surface area contributed by atoms with Crippen molar-refractivity contribution in [1.82, 2.24) is 9.97 Å². The van der Waals surface area contributed by atoms with Crippen LogP contribution in [0.3, 0.4) is 0 Å². The molecule has 0 spiro atoms. The molecule has 5 nitrogen and oxygen atoms in total. The van der Waals surface area contributed by atoms with Crippen LogP contribution in [0, 0.1) is 0 Å². The lowest BCUT2D eigenvalue weighted by atomic mass is 10.4. The topological polar surface area (TPSA) is 67.0 Å². The molecular formula is C10H15F2N3O2. The van der Waals surface area contributed by atoms with Gasteiger partial charge in [-0.3, -0.25) is 4.79 Å². The first-order valence-corrected chi connectivity index (χ1v) is 5.31. The van der Waals surface area contributed by atoms with Crippen LogP contribution in [-0.4, -0.2) is 36.2 Å². The van der Waals surface area contributed by atoms with Gasteiger partial charge >= 0.3 is 0 Å². The molecule has 0 amide bonds. The Morgan fingerprint density at radius 3 is 3.00 bits per heavy atom. The number of aromatic amines is 1. The molecule has 0 atom stereocenters. The summed E-state index contributed by atoms with van der Waals surface area (Å²) in [5, 5.41) is 2.83. The summed E-state index contributed by atoms with van der Waals surface area (Å²) in [4.78, 5) is 17.9. The van der Waals surface area contributed by atoms with Gasteiger partial charge < -0.3 is 15.0 Å². The lowest BCUT2D eigenvalue weighted by Crippen LogP contribution is -2.17. The lowest BCUT2D eigenvalue weighted by Gasteiger charge is -2.07. The zero-order chi connectivity index (χ0) is 12.7. The second kappa shape index (κ2) is 6.95. The molecule has 0 saturated heterocycles. The fourth-order valence-electron chi connectivity index (χ4n) is 1.19. The second-order valence-corrected chi connectivity index (χ2v) is 3.32. The number of hydrogen-bond acceptors (Lipinski definition) is 4. The van der Waals surface area contributed by atoms with Gasteiger partial charge in [-0.1, -0.05) is 6.92 Å². The van der Waals surface area contributed by atoms with Crippen LogP contribution in [0.15, 0.2) is 10.9 Å². The summed E-state index contributed by atoms with van der Waals surface area (Å²) in [5.41, 5.74) is -0.243. The SMILES string of the molecule is CCc1nc(NCCOCC(F)F)cc(=O)[nH]1. The molecule has 0 fully saturated rings. The van der Waals surface area contributed by atoms with E-state index in [1.807, 2.05) is 6.92 Å². The van der Waals surface area contributed by atoms with Gasteiger partial charge in [0.05, 0.1) is 6.61 Å². The van der Waals surface area contributed by atoms with Gasteiger partial charge in [0.2, 0.25) is 0 Å². The number of H-pyrrole nitrogens is 1. The monoisotopic (exact) mass is 247 g/mol. The summed E-state index contributed by atoms with van der Waals surface area (Å²) in [7, 11) is 0. The molecule has 1 aromatic rings. The Balaban J connectivity index is 2.36. The summed E-state index contributed by atoms with van der Waals surface area (Å²) >= 11 is 0. The molecule has 2 N–H and O–H groups in total. The summed E-state index contributed by atoms with van der Waals surface area (Å²) < 4.78 is 28.1. The van der Waals surface area contributed by atoms with E-state index in [2.05, 4.69) is 20.0 Å². The second-order valence-electron chi connectivity index (χ2n) is 3.32. The van der Waals surface area contributed by atoms with Crippen LogP contribution in [0.1, 0.15) is 12.7 Å². The molecule has 0 aliphatic rings.